The molecule has 0 radical (unpaired) electrons. The van der Waals surface area contributed by atoms with E-state index in [1.54, 1.807) is 12.4 Å². The molecule has 3 fully saturated rings. The Balaban J connectivity index is 0.00000267. The molecule has 0 aromatic carbocycles. The fourth-order valence-electron chi connectivity index (χ4n) is 5.74. The summed E-state index contributed by atoms with van der Waals surface area (Å²) in [6, 6.07) is 0. The second-order valence-corrected chi connectivity index (χ2v) is 10.5. The Hall–Kier alpha value is -2.76. The maximum absolute atomic E-state index is 13.2. The Morgan fingerprint density at radius 2 is 1.81 bits per heavy atom. The topological polar surface area (TPSA) is 126 Å². The van der Waals surface area contributed by atoms with Crippen molar-refractivity contribution in [2.24, 2.45) is 0 Å². The molecule has 0 bridgehead atoms. The Labute approximate surface area is 217 Å². The average Bonchev–Trinajstić information content (AvgIpc) is 3.47. The van der Waals surface area contributed by atoms with E-state index in [0.29, 0.717) is 25.7 Å². The van der Waals surface area contributed by atoms with Gasteiger partial charge >= 0.3 is 0 Å². The van der Waals surface area contributed by atoms with E-state index in [1.807, 2.05) is 11.8 Å². The number of ether oxygens (including phenoxy) is 1. The molecule has 194 valence electrons. The molecule has 3 saturated heterocycles. The first-order valence-corrected chi connectivity index (χ1v) is 12.5. The van der Waals surface area contributed by atoms with Crippen LogP contribution in [0, 0.1) is 0 Å². The molecule has 2 aromatic rings. The normalized spacial score (nSPS) is 27.4. The number of aromatic nitrogens is 4. The largest absolute Gasteiger partial charge is 0.378 e. The van der Waals surface area contributed by atoms with E-state index in [9.17, 15) is 4.79 Å². The highest BCUT2D eigenvalue weighted by Crippen LogP contribution is 2.42. The van der Waals surface area contributed by atoms with E-state index in [2.05, 4.69) is 32.0 Å². The van der Waals surface area contributed by atoms with Crippen LogP contribution >= 0.6 is 12.4 Å². The number of halogens is 1. The number of nitrogens with one attached hydrogen (secondary N) is 1. The summed E-state index contributed by atoms with van der Waals surface area (Å²) in [4.78, 5) is 38.3. The van der Waals surface area contributed by atoms with E-state index in [-0.39, 0.29) is 29.8 Å². The smallest absolute Gasteiger partial charge is 0.242 e. The first kappa shape index (κ1) is 24.9. The van der Waals surface area contributed by atoms with Gasteiger partial charge in [-0.3, -0.25) is 4.79 Å². The summed E-state index contributed by atoms with van der Waals surface area (Å²) in [5.41, 5.74) is 7.95. The van der Waals surface area contributed by atoms with Crippen molar-refractivity contribution in [3.05, 3.63) is 18.0 Å². The molecule has 0 unspecified atom stereocenters. The van der Waals surface area contributed by atoms with Crippen molar-refractivity contribution < 1.29 is 9.53 Å². The average molecular weight is 516 g/mol. The Bertz CT molecular complexity index is 1140. The molecular formula is C24H34ClN9O2. The summed E-state index contributed by atoms with van der Waals surface area (Å²) in [5, 5.41) is 3.32. The molecule has 11 nitrogen and oxygen atoms in total. The van der Waals surface area contributed by atoms with Crippen molar-refractivity contribution in [2.45, 2.75) is 44.2 Å². The standard InChI is InChI=1S/C24H33N9O2.ClH/c1-23(5-8-32(15-23)20(34)24(2)4-6-28-24)33-7-3-17-18(16-13-26-21(25)27-14-16)29-22(30-19(17)33)31-9-11-35-12-10-31;/h13-14,28H,3-12,15H2,1-2H3,(H2,25,26,27);1H/t23-,24-;/m0./s1. The van der Waals surface area contributed by atoms with Crippen molar-refractivity contribution in [2.75, 3.05) is 68.0 Å². The number of fused-ring (bicyclic) bond motifs is 1. The quantitative estimate of drug-likeness (QED) is 0.606. The lowest BCUT2D eigenvalue weighted by atomic mass is 9.88. The van der Waals surface area contributed by atoms with Crippen LogP contribution in [-0.2, 0) is 16.0 Å². The second kappa shape index (κ2) is 9.28. The highest BCUT2D eigenvalue weighted by atomic mass is 35.5. The van der Waals surface area contributed by atoms with E-state index < -0.39 is 5.54 Å². The number of nitrogens with two attached hydrogens (primary N) is 1. The molecule has 2 aromatic heterocycles. The molecule has 12 heteroatoms. The van der Waals surface area contributed by atoms with Gasteiger partial charge in [0.05, 0.1) is 30.0 Å². The summed E-state index contributed by atoms with van der Waals surface area (Å²) in [7, 11) is 0. The lowest BCUT2D eigenvalue weighted by Gasteiger charge is -2.42. The van der Waals surface area contributed by atoms with Crippen molar-refractivity contribution >= 4 is 36.0 Å². The minimum atomic E-state index is -0.415. The first-order valence-electron chi connectivity index (χ1n) is 12.5. The lowest BCUT2D eigenvalue weighted by Crippen LogP contribution is -2.64. The number of morpholine rings is 1. The molecule has 36 heavy (non-hydrogen) atoms. The van der Waals surface area contributed by atoms with E-state index in [0.717, 1.165) is 74.6 Å². The van der Waals surface area contributed by atoms with Gasteiger partial charge in [-0.05, 0) is 39.7 Å². The maximum atomic E-state index is 13.2. The molecule has 1 amide bonds. The van der Waals surface area contributed by atoms with Crippen LogP contribution in [0.15, 0.2) is 12.4 Å². The predicted octanol–water partition coefficient (Wildman–Crippen LogP) is 0.880. The number of rotatable bonds is 4. The zero-order chi connectivity index (χ0) is 24.2. The van der Waals surface area contributed by atoms with Gasteiger partial charge in [0.15, 0.2) is 0 Å². The van der Waals surface area contributed by atoms with E-state index in [4.69, 9.17) is 20.4 Å². The van der Waals surface area contributed by atoms with E-state index in [1.165, 1.54) is 0 Å². The number of amides is 1. The van der Waals surface area contributed by atoms with Crippen LogP contribution in [-0.4, -0.2) is 94.3 Å². The Morgan fingerprint density at radius 3 is 2.47 bits per heavy atom. The molecule has 2 atom stereocenters. The highest BCUT2D eigenvalue weighted by Gasteiger charge is 2.49. The van der Waals surface area contributed by atoms with Crippen LogP contribution in [0.5, 0.6) is 0 Å². The fourth-order valence-corrected chi connectivity index (χ4v) is 5.74. The minimum absolute atomic E-state index is 0. The van der Waals surface area contributed by atoms with E-state index >= 15 is 0 Å². The van der Waals surface area contributed by atoms with Gasteiger partial charge in [0.1, 0.15) is 5.82 Å². The zero-order valence-electron chi connectivity index (χ0n) is 20.9. The molecule has 6 heterocycles. The maximum Gasteiger partial charge on any atom is 0.242 e. The molecule has 3 N–H and O–H groups in total. The van der Waals surface area contributed by atoms with Crippen molar-refractivity contribution in [3.8, 4) is 11.3 Å². The number of hydrogen-bond acceptors (Lipinski definition) is 10. The van der Waals surface area contributed by atoms with Crippen molar-refractivity contribution in [1.82, 2.24) is 30.2 Å². The summed E-state index contributed by atoms with van der Waals surface area (Å²) < 4.78 is 5.55. The Kier molecular flexibility index (Phi) is 6.42. The molecule has 4 aliphatic rings. The number of anilines is 3. The van der Waals surface area contributed by atoms with Gasteiger partial charge in [-0.1, -0.05) is 0 Å². The molecular weight excluding hydrogens is 482 g/mol. The molecule has 0 aliphatic carbocycles. The first-order chi connectivity index (χ1) is 16.9. The third-order valence-electron chi connectivity index (χ3n) is 8.06. The van der Waals surface area contributed by atoms with Crippen LogP contribution < -0.4 is 20.9 Å². The van der Waals surface area contributed by atoms with Gasteiger partial charge in [-0.25, -0.2) is 15.0 Å². The third kappa shape index (κ3) is 4.12. The van der Waals surface area contributed by atoms with Gasteiger partial charge in [-0.2, -0.15) is 4.98 Å². The second-order valence-electron chi connectivity index (χ2n) is 10.5. The number of carbonyl (C=O) groups is 1. The van der Waals surface area contributed by atoms with Gasteiger partial charge in [0, 0.05) is 56.2 Å². The Morgan fingerprint density at radius 1 is 1.08 bits per heavy atom. The van der Waals surface area contributed by atoms with Gasteiger partial charge in [0.2, 0.25) is 17.8 Å². The molecule has 0 saturated carbocycles. The number of nitrogen functional groups attached to an aromatic ring is 1. The van der Waals surface area contributed by atoms with Gasteiger partial charge in [-0.15, -0.1) is 12.4 Å². The van der Waals surface area contributed by atoms with Crippen molar-refractivity contribution in [1.29, 1.82) is 0 Å². The van der Waals surface area contributed by atoms with Crippen LogP contribution in [0.2, 0.25) is 0 Å². The highest BCUT2D eigenvalue weighted by molar-refractivity contribution is 5.87. The van der Waals surface area contributed by atoms with Crippen LogP contribution in [0.1, 0.15) is 32.3 Å². The predicted molar refractivity (Wildman–Crippen MR) is 139 cm³/mol. The molecule has 0 spiro atoms. The zero-order valence-corrected chi connectivity index (χ0v) is 21.7. The summed E-state index contributed by atoms with van der Waals surface area (Å²) in [6.45, 7) is 10.3. The minimum Gasteiger partial charge on any atom is -0.378 e. The lowest BCUT2D eigenvalue weighted by molar-refractivity contribution is -0.139. The number of nitrogens with zero attached hydrogens (tertiary/aromatic N) is 7. The molecule has 6 rings (SSSR count). The van der Waals surface area contributed by atoms with Gasteiger partial charge in [0.25, 0.3) is 0 Å². The number of carbonyl (C=O) groups excluding carboxylic acids is 1. The SMILES string of the molecule is C[C@]1(N2CCc3c(-c4cnc(N)nc4)nc(N4CCOCC4)nc32)CCN(C(=O)[C@]2(C)CCN2)C1.Cl. The van der Waals surface area contributed by atoms with Crippen molar-refractivity contribution in [3.63, 3.8) is 0 Å². The number of hydrogen-bond donors (Lipinski definition) is 2. The summed E-state index contributed by atoms with van der Waals surface area (Å²) in [6.07, 6.45) is 6.11. The number of likely N-dealkylation sites (tertiary alicyclic amines) is 1. The van der Waals surface area contributed by atoms with Gasteiger partial charge < -0.3 is 30.5 Å². The summed E-state index contributed by atoms with van der Waals surface area (Å²) in [5.74, 6) is 2.11. The van der Waals surface area contributed by atoms with Crippen LogP contribution in [0.25, 0.3) is 11.3 Å². The summed E-state index contributed by atoms with van der Waals surface area (Å²) >= 11 is 0. The fraction of sp³-hybridized carbons (Fsp3) is 0.625. The van der Waals surface area contributed by atoms with Crippen LogP contribution in [0.4, 0.5) is 17.7 Å². The monoisotopic (exact) mass is 515 g/mol. The molecule has 4 aliphatic heterocycles. The third-order valence-corrected chi connectivity index (χ3v) is 8.06. The van der Waals surface area contributed by atoms with Crippen LogP contribution in [0.3, 0.4) is 0 Å².